The number of carbonyl (C=O) groups is 1. The van der Waals surface area contributed by atoms with Crippen molar-refractivity contribution in [3.8, 4) is 0 Å². The summed E-state index contributed by atoms with van der Waals surface area (Å²) in [7, 11) is 1.58. The van der Waals surface area contributed by atoms with Gasteiger partial charge in [0.05, 0.1) is 39.9 Å². The normalized spacial score (nSPS) is 14.7. The summed E-state index contributed by atoms with van der Waals surface area (Å²) in [6.07, 6.45) is 34.1. The number of aliphatic hydroxyl groups is 1. The summed E-state index contributed by atoms with van der Waals surface area (Å²) in [4.78, 5) is 23.0. The van der Waals surface area contributed by atoms with Crippen LogP contribution in [0.3, 0.4) is 0 Å². The molecule has 48 heavy (non-hydrogen) atoms. The fourth-order valence-corrected chi connectivity index (χ4v) is 6.48. The largest absolute Gasteiger partial charge is 0.472 e. The highest BCUT2D eigenvalue weighted by molar-refractivity contribution is 7.47. The van der Waals surface area contributed by atoms with Crippen molar-refractivity contribution in [2.75, 3.05) is 40.9 Å². The van der Waals surface area contributed by atoms with E-state index in [2.05, 4.69) is 19.2 Å². The number of hydrogen-bond donors (Lipinski definition) is 3. The standard InChI is InChI=1S/C39H79N2O6P/c1-6-8-10-12-14-16-18-20-21-23-25-27-29-31-33-39(43)40-37(36-47-48(44,45)46-35-34-41(3,4)5)38(42)32-30-28-26-24-22-19-17-15-13-11-9-7-2/h30,32,37-38,42H,6-29,31,33-36H2,1-5H3,(H-,40,43,44,45)/p+1/b32-30+. The Kier molecular flexibility index (Phi) is 31.7. The number of phosphoric ester groups is 1. The molecule has 0 fully saturated rings. The third-order valence-electron chi connectivity index (χ3n) is 9.01. The molecular weight excluding hydrogens is 623 g/mol. The maximum atomic E-state index is 12.8. The number of rotatable bonds is 36. The summed E-state index contributed by atoms with van der Waals surface area (Å²) in [5.41, 5.74) is 0. The van der Waals surface area contributed by atoms with E-state index in [9.17, 15) is 19.4 Å². The second-order valence-electron chi connectivity index (χ2n) is 15.0. The van der Waals surface area contributed by atoms with E-state index in [0.717, 1.165) is 38.5 Å². The van der Waals surface area contributed by atoms with Gasteiger partial charge in [0.15, 0.2) is 0 Å². The van der Waals surface area contributed by atoms with E-state index >= 15 is 0 Å². The molecule has 286 valence electrons. The summed E-state index contributed by atoms with van der Waals surface area (Å²) in [6, 6.07) is -0.837. The molecule has 0 aromatic rings. The number of nitrogens with one attached hydrogen (secondary N) is 1. The summed E-state index contributed by atoms with van der Waals surface area (Å²) in [5, 5.41) is 13.8. The van der Waals surface area contributed by atoms with Gasteiger partial charge in [0.25, 0.3) is 0 Å². The van der Waals surface area contributed by atoms with Gasteiger partial charge >= 0.3 is 7.82 Å². The van der Waals surface area contributed by atoms with Gasteiger partial charge in [0.2, 0.25) is 5.91 Å². The molecule has 0 bridgehead atoms. The zero-order valence-corrected chi connectivity index (χ0v) is 33.1. The van der Waals surface area contributed by atoms with Crippen LogP contribution in [0.25, 0.3) is 0 Å². The summed E-state index contributed by atoms with van der Waals surface area (Å²) < 4.78 is 23.5. The van der Waals surface area contributed by atoms with E-state index in [4.69, 9.17) is 9.05 Å². The van der Waals surface area contributed by atoms with Gasteiger partial charge < -0.3 is 19.8 Å². The predicted octanol–water partition coefficient (Wildman–Crippen LogP) is 10.4. The second kappa shape index (κ2) is 32.2. The van der Waals surface area contributed by atoms with Crippen LogP contribution in [-0.4, -0.2) is 73.4 Å². The molecule has 0 saturated heterocycles. The molecule has 3 atom stereocenters. The van der Waals surface area contributed by atoms with Crippen molar-refractivity contribution < 1.29 is 32.9 Å². The molecule has 0 saturated carbocycles. The van der Waals surface area contributed by atoms with E-state index < -0.39 is 20.0 Å². The van der Waals surface area contributed by atoms with Crippen molar-refractivity contribution in [3.05, 3.63) is 12.2 Å². The quantitative estimate of drug-likeness (QED) is 0.0260. The number of aliphatic hydroxyl groups excluding tert-OH is 1. The van der Waals surface area contributed by atoms with Crippen LogP contribution in [0, 0.1) is 0 Å². The highest BCUT2D eigenvalue weighted by Crippen LogP contribution is 2.43. The highest BCUT2D eigenvalue weighted by atomic mass is 31.2. The van der Waals surface area contributed by atoms with Crippen molar-refractivity contribution in [3.63, 3.8) is 0 Å². The van der Waals surface area contributed by atoms with Crippen molar-refractivity contribution in [1.82, 2.24) is 5.32 Å². The van der Waals surface area contributed by atoms with Gasteiger partial charge in [-0.2, -0.15) is 0 Å². The third-order valence-corrected chi connectivity index (χ3v) is 9.99. The lowest BCUT2D eigenvalue weighted by molar-refractivity contribution is -0.870. The monoisotopic (exact) mass is 704 g/mol. The molecule has 0 aliphatic carbocycles. The second-order valence-corrected chi connectivity index (χ2v) is 16.5. The summed E-state index contributed by atoms with van der Waals surface area (Å²) in [6.45, 7) is 4.80. The molecule has 0 aliphatic heterocycles. The average Bonchev–Trinajstić information content (AvgIpc) is 3.02. The van der Waals surface area contributed by atoms with E-state index in [1.54, 1.807) is 6.08 Å². The Bertz CT molecular complexity index is 804. The Morgan fingerprint density at radius 3 is 1.54 bits per heavy atom. The lowest BCUT2D eigenvalue weighted by atomic mass is 10.0. The van der Waals surface area contributed by atoms with Gasteiger partial charge in [-0.1, -0.05) is 167 Å². The van der Waals surface area contributed by atoms with Gasteiger partial charge in [-0.25, -0.2) is 4.57 Å². The average molecular weight is 704 g/mol. The molecule has 9 heteroatoms. The minimum Gasteiger partial charge on any atom is -0.387 e. The fourth-order valence-electron chi connectivity index (χ4n) is 5.75. The first-order chi connectivity index (χ1) is 23.0. The maximum Gasteiger partial charge on any atom is 0.472 e. The van der Waals surface area contributed by atoms with Crippen LogP contribution >= 0.6 is 7.82 Å². The number of likely N-dealkylation sites (N-methyl/N-ethyl adjacent to an activating group) is 1. The number of phosphoric acid groups is 1. The number of nitrogens with zero attached hydrogens (tertiary/aromatic N) is 1. The van der Waals surface area contributed by atoms with Gasteiger partial charge in [-0.3, -0.25) is 13.8 Å². The van der Waals surface area contributed by atoms with Gasteiger partial charge in [0, 0.05) is 6.42 Å². The lowest BCUT2D eigenvalue weighted by Crippen LogP contribution is -2.45. The fraction of sp³-hybridized carbons (Fsp3) is 0.923. The maximum absolute atomic E-state index is 12.8. The van der Waals surface area contributed by atoms with Crippen LogP contribution in [0.15, 0.2) is 12.2 Å². The number of allylic oxidation sites excluding steroid dienone is 1. The van der Waals surface area contributed by atoms with Gasteiger partial charge in [0.1, 0.15) is 13.2 Å². The SMILES string of the molecule is CCCCCCCCCCCC/C=C/C(O)C(COP(=O)(O)OCC[N+](C)(C)C)NC(=O)CCCCCCCCCCCCCCCC. The zero-order valence-electron chi connectivity index (χ0n) is 32.2. The van der Waals surface area contributed by atoms with Crippen molar-refractivity contribution in [1.29, 1.82) is 0 Å². The zero-order chi connectivity index (χ0) is 35.8. The first-order valence-corrected chi connectivity index (χ1v) is 21.6. The molecule has 0 aromatic carbocycles. The minimum absolute atomic E-state index is 0.0642. The number of hydrogen-bond acceptors (Lipinski definition) is 5. The smallest absolute Gasteiger partial charge is 0.387 e. The molecule has 0 rings (SSSR count). The van der Waals surface area contributed by atoms with Crippen LogP contribution in [0.5, 0.6) is 0 Å². The highest BCUT2D eigenvalue weighted by Gasteiger charge is 2.27. The predicted molar refractivity (Wildman–Crippen MR) is 203 cm³/mol. The van der Waals surface area contributed by atoms with E-state index in [1.165, 1.54) is 122 Å². The first kappa shape index (κ1) is 47.2. The summed E-state index contributed by atoms with van der Waals surface area (Å²) >= 11 is 0. The topological polar surface area (TPSA) is 105 Å². The Labute approximate surface area is 297 Å². The molecule has 3 N–H and O–H groups in total. The van der Waals surface area contributed by atoms with E-state index in [1.807, 2.05) is 27.2 Å². The molecule has 3 unspecified atom stereocenters. The van der Waals surface area contributed by atoms with Crippen LogP contribution in [0.2, 0.25) is 0 Å². The van der Waals surface area contributed by atoms with Gasteiger partial charge in [-0.05, 0) is 19.3 Å². The van der Waals surface area contributed by atoms with E-state index in [0.29, 0.717) is 17.4 Å². The first-order valence-electron chi connectivity index (χ1n) is 20.1. The molecule has 0 spiro atoms. The molecule has 8 nitrogen and oxygen atoms in total. The Hall–Kier alpha value is -0.760. The molecule has 0 heterocycles. The minimum atomic E-state index is -4.32. The third kappa shape index (κ3) is 33.7. The Morgan fingerprint density at radius 2 is 1.10 bits per heavy atom. The lowest BCUT2D eigenvalue weighted by Gasteiger charge is -2.25. The molecule has 0 aromatic heterocycles. The molecule has 0 aliphatic rings. The molecule has 1 amide bonds. The van der Waals surface area contributed by atoms with Crippen molar-refractivity contribution in [2.45, 2.75) is 193 Å². The number of amides is 1. The summed E-state index contributed by atoms with van der Waals surface area (Å²) in [5.74, 6) is -0.177. The number of quaternary nitrogens is 1. The number of unbranched alkanes of at least 4 members (excludes halogenated alkanes) is 23. The Morgan fingerprint density at radius 1 is 0.688 bits per heavy atom. The van der Waals surface area contributed by atoms with Crippen molar-refractivity contribution in [2.24, 2.45) is 0 Å². The van der Waals surface area contributed by atoms with Crippen LogP contribution in [-0.2, 0) is 18.4 Å². The van der Waals surface area contributed by atoms with Crippen LogP contribution in [0.4, 0.5) is 0 Å². The number of carbonyl (C=O) groups excluding carboxylic acids is 1. The van der Waals surface area contributed by atoms with Gasteiger partial charge in [-0.15, -0.1) is 0 Å². The van der Waals surface area contributed by atoms with E-state index in [-0.39, 0.29) is 19.1 Å². The van der Waals surface area contributed by atoms with Crippen molar-refractivity contribution >= 4 is 13.7 Å². The van der Waals surface area contributed by atoms with Crippen LogP contribution in [0.1, 0.15) is 181 Å². The molecule has 0 radical (unpaired) electrons. The van der Waals surface area contributed by atoms with Crippen LogP contribution < -0.4 is 5.32 Å². The Balaban J connectivity index is 4.48. The molecular formula is C39H80N2O6P+.